The average Bonchev–Trinajstić information content (AvgIpc) is 3.43. The highest BCUT2D eigenvalue weighted by Crippen LogP contribution is 2.32. The van der Waals surface area contributed by atoms with Gasteiger partial charge >= 0.3 is 6.09 Å². The van der Waals surface area contributed by atoms with E-state index in [1.165, 1.54) is 12.8 Å². The van der Waals surface area contributed by atoms with Crippen molar-refractivity contribution in [1.29, 1.82) is 0 Å². The smallest absolute Gasteiger partial charge is 0.404 e. The van der Waals surface area contributed by atoms with Gasteiger partial charge < -0.3 is 25.6 Å². The van der Waals surface area contributed by atoms with Gasteiger partial charge in [0.2, 0.25) is 5.95 Å². The number of benzene rings is 1. The third-order valence-electron chi connectivity index (χ3n) is 6.12. The van der Waals surface area contributed by atoms with Crippen LogP contribution in [-0.4, -0.2) is 63.3 Å². The van der Waals surface area contributed by atoms with Crippen LogP contribution >= 0.6 is 11.6 Å². The fraction of sp³-hybridized carbons (Fsp3) is 0.458. The number of H-pyrrole nitrogens is 1. The molecule has 1 unspecified atom stereocenters. The van der Waals surface area contributed by atoms with Gasteiger partial charge in [-0.05, 0) is 31.9 Å². The molecule has 3 heterocycles. The Balaban J connectivity index is 1.23. The number of fused-ring (bicyclic) bond motifs is 1. The fourth-order valence-corrected chi connectivity index (χ4v) is 4.61. The normalized spacial score (nSPS) is 16.3. The summed E-state index contributed by atoms with van der Waals surface area (Å²) in [6.45, 7) is 3.69. The Kier molecular flexibility index (Phi) is 8.01. The lowest BCUT2D eigenvalue weighted by Crippen LogP contribution is -2.27. The van der Waals surface area contributed by atoms with E-state index in [0.717, 1.165) is 67.5 Å². The van der Waals surface area contributed by atoms with E-state index in [9.17, 15) is 4.79 Å². The molecule has 0 radical (unpaired) electrons. The van der Waals surface area contributed by atoms with Crippen LogP contribution in [0, 0.1) is 0 Å². The third kappa shape index (κ3) is 6.36. The molecule has 1 aliphatic rings. The number of nitrogens with zero attached hydrogens (tertiary/aromatic N) is 3. The molecule has 0 spiro atoms. The Hall–Kier alpha value is -2.84. The van der Waals surface area contributed by atoms with E-state index in [0.29, 0.717) is 23.6 Å². The molecule has 9 heteroatoms. The zero-order valence-electron chi connectivity index (χ0n) is 18.7. The molecule has 1 saturated heterocycles. The lowest BCUT2D eigenvalue weighted by atomic mass is 10.1. The highest BCUT2D eigenvalue weighted by molar-refractivity contribution is 6.33. The summed E-state index contributed by atoms with van der Waals surface area (Å²) in [7, 11) is 0. The van der Waals surface area contributed by atoms with Gasteiger partial charge in [-0.15, -0.1) is 0 Å². The number of aromatic amines is 1. The molecular weight excluding hydrogens is 440 g/mol. The first-order valence-electron chi connectivity index (χ1n) is 11.6. The van der Waals surface area contributed by atoms with Crippen LogP contribution in [0.1, 0.15) is 38.5 Å². The summed E-state index contributed by atoms with van der Waals surface area (Å²) in [5.74, 6) is 0.613. The van der Waals surface area contributed by atoms with Gasteiger partial charge in [-0.2, -0.15) is 0 Å². The Morgan fingerprint density at radius 3 is 2.91 bits per heavy atom. The number of rotatable bonds is 11. The number of nitrogens with one attached hydrogen (secondary N) is 3. The van der Waals surface area contributed by atoms with Crippen molar-refractivity contribution in [2.45, 2.75) is 44.6 Å². The lowest BCUT2D eigenvalue weighted by Gasteiger charge is -2.17. The molecular formula is C24H31ClN6O2. The molecule has 0 bridgehead atoms. The van der Waals surface area contributed by atoms with Gasteiger partial charge in [0.15, 0.2) is 0 Å². The zero-order valence-corrected chi connectivity index (χ0v) is 19.4. The largest absolute Gasteiger partial charge is 0.465 e. The van der Waals surface area contributed by atoms with Crippen LogP contribution in [-0.2, 0) is 0 Å². The number of likely N-dealkylation sites (tertiary alicyclic amines) is 1. The van der Waals surface area contributed by atoms with Crippen LogP contribution in [0.3, 0.4) is 0 Å². The van der Waals surface area contributed by atoms with Gasteiger partial charge in [0.1, 0.15) is 0 Å². The topological polar surface area (TPSA) is 106 Å². The highest BCUT2D eigenvalue weighted by Gasteiger charge is 2.23. The van der Waals surface area contributed by atoms with E-state index < -0.39 is 6.09 Å². The molecule has 33 heavy (non-hydrogen) atoms. The minimum absolute atomic E-state index is 0.323. The summed E-state index contributed by atoms with van der Waals surface area (Å²) in [6, 6.07) is 8.44. The second-order valence-corrected chi connectivity index (χ2v) is 8.98. The standard InChI is InChI=1S/C24H31ClN6O2/c25-20-15-28-23(30-22(20)19-14-27-21-9-5-4-8-18(19)21)29-17-10-13-31(16-17)12-7-3-1-2-6-11-26-24(32)33/h4-5,8-9,14-15,17,26-27H,1-3,6-7,10-13,16H2,(H,32,33)(H,28,29,30). The van der Waals surface area contributed by atoms with E-state index in [-0.39, 0.29) is 0 Å². The molecule has 0 saturated carbocycles. The summed E-state index contributed by atoms with van der Waals surface area (Å²) in [5.41, 5.74) is 2.77. The van der Waals surface area contributed by atoms with Crippen molar-refractivity contribution in [2.75, 3.05) is 31.5 Å². The minimum Gasteiger partial charge on any atom is -0.465 e. The maximum atomic E-state index is 10.4. The number of carbonyl (C=O) groups is 1. The Labute approximate surface area is 198 Å². The molecule has 4 N–H and O–H groups in total. The van der Waals surface area contributed by atoms with Crippen LogP contribution in [0.4, 0.5) is 10.7 Å². The molecule has 8 nitrogen and oxygen atoms in total. The van der Waals surface area contributed by atoms with Gasteiger partial charge in [0.25, 0.3) is 0 Å². The average molecular weight is 471 g/mol. The molecule has 1 aliphatic heterocycles. The van der Waals surface area contributed by atoms with Gasteiger partial charge in [-0.25, -0.2) is 14.8 Å². The molecule has 1 amide bonds. The van der Waals surface area contributed by atoms with Crippen molar-refractivity contribution in [3.63, 3.8) is 0 Å². The van der Waals surface area contributed by atoms with Crippen molar-refractivity contribution in [2.24, 2.45) is 0 Å². The van der Waals surface area contributed by atoms with Gasteiger partial charge in [0, 0.05) is 48.3 Å². The van der Waals surface area contributed by atoms with E-state index >= 15 is 0 Å². The number of unbranched alkanes of at least 4 members (excludes halogenated alkanes) is 4. The Morgan fingerprint density at radius 2 is 2.03 bits per heavy atom. The summed E-state index contributed by atoms with van der Waals surface area (Å²) in [4.78, 5) is 25.3. The molecule has 1 atom stereocenters. The molecule has 3 aromatic rings. The van der Waals surface area contributed by atoms with E-state index in [1.807, 2.05) is 24.4 Å². The Bertz CT molecular complexity index is 1070. The number of carboxylic acid groups (broad SMARTS) is 1. The van der Waals surface area contributed by atoms with Crippen molar-refractivity contribution in [1.82, 2.24) is 25.2 Å². The Morgan fingerprint density at radius 1 is 1.21 bits per heavy atom. The number of anilines is 1. The van der Waals surface area contributed by atoms with Gasteiger partial charge in [0.05, 0.1) is 16.9 Å². The van der Waals surface area contributed by atoms with Crippen LogP contribution < -0.4 is 10.6 Å². The van der Waals surface area contributed by atoms with E-state index in [1.54, 1.807) is 6.20 Å². The predicted molar refractivity (Wildman–Crippen MR) is 132 cm³/mol. The zero-order chi connectivity index (χ0) is 23.0. The van der Waals surface area contributed by atoms with Crippen LogP contribution in [0.15, 0.2) is 36.7 Å². The molecule has 1 aromatic carbocycles. The highest BCUT2D eigenvalue weighted by atomic mass is 35.5. The molecule has 0 aliphatic carbocycles. The van der Waals surface area contributed by atoms with E-state index in [4.69, 9.17) is 21.7 Å². The number of aromatic nitrogens is 3. The maximum Gasteiger partial charge on any atom is 0.404 e. The third-order valence-corrected chi connectivity index (χ3v) is 6.40. The van der Waals surface area contributed by atoms with Gasteiger partial charge in [-0.3, -0.25) is 0 Å². The van der Waals surface area contributed by atoms with Crippen LogP contribution in [0.2, 0.25) is 5.02 Å². The minimum atomic E-state index is -0.939. The molecule has 176 valence electrons. The first-order valence-corrected chi connectivity index (χ1v) is 12.0. The van der Waals surface area contributed by atoms with Gasteiger partial charge in [-0.1, -0.05) is 49.1 Å². The van der Waals surface area contributed by atoms with Crippen molar-refractivity contribution in [3.05, 3.63) is 41.7 Å². The molecule has 1 fully saturated rings. The summed E-state index contributed by atoms with van der Waals surface area (Å²) >= 11 is 6.45. The summed E-state index contributed by atoms with van der Waals surface area (Å²) in [6.07, 6.45) is 9.21. The fourth-order valence-electron chi connectivity index (χ4n) is 4.42. The monoisotopic (exact) mass is 470 g/mol. The number of halogens is 1. The number of hydrogen-bond donors (Lipinski definition) is 4. The maximum absolute atomic E-state index is 10.4. The number of amides is 1. The molecule has 4 rings (SSSR count). The second kappa shape index (κ2) is 11.3. The van der Waals surface area contributed by atoms with Crippen LogP contribution in [0.25, 0.3) is 22.2 Å². The summed E-state index contributed by atoms with van der Waals surface area (Å²) < 4.78 is 0. The molecule has 2 aromatic heterocycles. The quantitative estimate of drug-likeness (QED) is 0.294. The summed E-state index contributed by atoms with van der Waals surface area (Å²) in [5, 5.41) is 16.1. The number of hydrogen-bond acceptors (Lipinski definition) is 5. The van der Waals surface area contributed by atoms with Crippen molar-refractivity contribution < 1.29 is 9.90 Å². The first kappa shape index (κ1) is 23.3. The van der Waals surface area contributed by atoms with E-state index in [2.05, 4.69) is 31.6 Å². The number of para-hydroxylation sites is 1. The van der Waals surface area contributed by atoms with Crippen LogP contribution in [0.5, 0.6) is 0 Å². The first-order chi connectivity index (χ1) is 16.1. The lowest BCUT2D eigenvalue weighted by molar-refractivity contribution is 0.194. The van der Waals surface area contributed by atoms with Crippen molar-refractivity contribution >= 4 is 34.5 Å². The second-order valence-electron chi connectivity index (χ2n) is 8.57. The predicted octanol–water partition coefficient (Wildman–Crippen LogP) is 4.98. The SMILES string of the molecule is O=C(O)NCCCCCCCN1CCC(Nc2ncc(Cl)c(-c3c[nH]c4ccccc34)n2)C1. The van der Waals surface area contributed by atoms with Crippen molar-refractivity contribution in [3.8, 4) is 11.3 Å².